The second kappa shape index (κ2) is 7.23. The van der Waals surface area contributed by atoms with Crippen molar-refractivity contribution < 1.29 is 14.3 Å². The number of hydrogen-bond acceptors (Lipinski definition) is 5. The highest BCUT2D eigenvalue weighted by Gasteiger charge is 2.37. The SMILES string of the molecule is Cn1ccnc1SCC(=O)NC1(c2ccc3c(c2)OCCO3)CCCC1. The van der Waals surface area contributed by atoms with E-state index in [9.17, 15) is 4.79 Å². The second-order valence-electron chi connectivity index (χ2n) is 6.81. The summed E-state index contributed by atoms with van der Waals surface area (Å²) in [5, 5.41) is 4.15. The number of nitrogens with one attached hydrogen (secondary N) is 1. The van der Waals surface area contributed by atoms with Gasteiger partial charge in [-0.05, 0) is 30.5 Å². The van der Waals surface area contributed by atoms with E-state index in [0.717, 1.165) is 47.9 Å². The number of benzene rings is 1. The molecule has 1 amide bonds. The summed E-state index contributed by atoms with van der Waals surface area (Å²) in [6, 6.07) is 6.05. The Balaban J connectivity index is 1.49. The van der Waals surface area contributed by atoms with Crippen molar-refractivity contribution in [2.45, 2.75) is 36.4 Å². The number of thioether (sulfide) groups is 1. The first-order valence-corrected chi connectivity index (χ1v) is 9.96. The number of ether oxygens (including phenoxy) is 2. The van der Waals surface area contributed by atoms with Crippen LogP contribution in [-0.2, 0) is 17.4 Å². The van der Waals surface area contributed by atoms with Gasteiger partial charge < -0.3 is 19.4 Å². The van der Waals surface area contributed by atoms with Gasteiger partial charge in [-0.25, -0.2) is 4.98 Å². The van der Waals surface area contributed by atoms with Crippen LogP contribution in [0.5, 0.6) is 11.5 Å². The molecule has 0 bridgehead atoms. The number of carbonyl (C=O) groups is 1. The van der Waals surface area contributed by atoms with Gasteiger partial charge in [-0.3, -0.25) is 4.79 Å². The molecule has 1 aliphatic heterocycles. The summed E-state index contributed by atoms with van der Waals surface area (Å²) in [6.07, 6.45) is 7.75. The number of rotatable bonds is 5. The molecule has 2 aromatic rings. The summed E-state index contributed by atoms with van der Waals surface area (Å²) in [5.41, 5.74) is 0.796. The topological polar surface area (TPSA) is 65.4 Å². The fraction of sp³-hybridized carbons (Fsp3) is 0.474. The zero-order chi connectivity index (χ0) is 18.0. The number of carbonyl (C=O) groups excluding carboxylic acids is 1. The van der Waals surface area contributed by atoms with Crippen molar-refractivity contribution in [2.75, 3.05) is 19.0 Å². The molecule has 0 atom stereocenters. The van der Waals surface area contributed by atoms with E-state index < -0.39 is 0 Å². The molecule has 1 aliphatic carbocycles. The van der Waals surface area contributed by atoms with E-state index in [4.69, 9.17) is 9.47 Å². The number of amides is 1. The lowest BCUT2D eigenvalue weighted by atomic mass is 9.87. The van der Waals surface area contributed by atoms with Gasteiger partial charge >= 0.3 is 0 Å². The standard InChI is InChI=1S/C19H23N3O3S/c1-22-9-8-20-18(22)26-13-17(23)21-19(6-2-3-7-19)14-4-5-15-16(12-14)25-11-10-24-15/h4-5,8-9,12H,2-3,6-7,10-11,13H2,1H3,(H,21,23). The van der Waals surface area contributed by atoms with E-state index in [1.807, 2.05) is 29.9 Å². The van der Waals surface area contributed by atoms with Crippen molar-refractivity contribution in [2.24, 2.45) is 7.05 Å². The summed E-state index contributed by atoms with van der Waals surface area (Å²) in [4.78, 5) is 16.9. The Labute approximate surface area is 157 Å². The van der Waals surface area contributed by atoms with Crippen LogP contribution in [0.3, 0.4) is 0 Å². The van der Waals surface area contributed by atoms with Gasteiger partial charge in [-0.1, -0.05) is 30.7 Å². The highest BCUT2D eigenvalue weighted by Crippen LogP contribution is 2.42. The molecule has 2 heterocycles. The molecule has 7 heteroatoms. The maximum absolute atomic E-state index is 12.6. The zero-order valence-corrected chi connectivity index (χ0v) is 15.7. The lowest BCUT2D eigenvalue weighted by molar-refractivity contribution is -0.120. The summed E-state index contributed by atoms with van der Waals surface area (Å²) < 4.78 is 13.3. The molecule has 0 radical (unpaired) electrons. The summed E-state index contributed by atoms with van der Waals surface area (Å²) >= 11 is 1.46. The van der Waals surface area contributed by atoms with Gasteiger partial charge in [0.15, 0.2) is 16.7 Å². The third kappa shape index (κ3) is 3.40. The molecule has 26 heavy (non-hydrogen) atoms. The van der Waals surface area contributed by atoms with Gasteiger partial charge in [-0.15, -0.1) is 0 Å². The quantitative estimate of drug-likeness (QED) is 0.817. The molecule has 0 saturated heterocycles. The van der Waals surface area contributed by atoms with Gasteiger partial charge in [0.05, 0.1) is 11.3 Å². The molecular formula is C19H23N3O3S. The number of aryl methyl sites for hydroxylation is 1. The lowest BCUT2D eigenvalue weighted by Crippen LogP contribution is -2.44. The normalized spacial score (nSPS) is 17.9. The van der Waals surface area contributed by atoms with Crippen molar-refractivity contribution in [3.05, 3.63) is 36.2 Å². The average molecular weight is 373 g/mol. The molecule has 0 unspecified atom stereocenters. The predicted octanol–water partition coefficient (Wildman–Crippen LogP) is 2.87. The Kier molecular flexibility index (Phi) is 4.80. The van der Waals surface area contributed by atoms with Crippen molar-refractivity contribution in [3.8, 4) is 11.5 Å². The summed E-state index contributed by atoms with van der Waals surface area (Å²) in [6.45, 7) is 1.15. The van der Waals surface area contributed by atoms with Crippen molar-refractivity contribution in [1.82, 2.24) is 14.9 Å². The minimum atomic E-state index is -0.310. The van der Waals surface area contributed by atoms with Crippen molar-refractivity contribution >= 4 is 17.7 Å². The largest absolute Gasteiger partial charge is 0.486 e. The van der Waals surface area contributed by atoms with E-state index in [1.54, 1.807) is 6.20 Å². The fourth-order valence-corrected chi connectivity index (χ4v) is 4.46. The number of hydrogen-bond donors (Lipinski definition) is 1. The van der Waals surface area contributed by atoms with Crippen molar-refractivity contribution in [3.63, 3.8) is 0 Å². The second-order valence-corrected chi connectivity index (χ2v) is 7.75. The van der Waals surface area contributed by atoms with Crippen LogP contribution in [0.15, 0.2) is 35.7 Å². The Hall–Kier alpha value is -2.15. The van der Waals surface area contributed by atoms with Crippen LogP contribution >= 0.6 is 11.8 Å². The molecule has 4 rings (SSSR count). The average Bonchev–Trinajstić information content (AvgIpc) is 3.29. The monoisotopic (exact) mass is 373 g/mol. The molecular weight excluding hydrogens is 350 g/mol. The Morgan fingerprint density at radius 3 is 2.77 bits per heavy atom. The number of imidazole rings is 1. The molecule has 2 aliphatic rings. The van der Waals surface area contributed by atoms with Crippen LogP contribution in [0.2, 0.25) is 0 Å². The first kappa shape index (κ1) is 17.3. The number of aromatic nitrogens is 2. The van der Waals surface area contributed by atoms with Gasteiger partial charge in [0.25, 0.3) is 0 Å². The van der Waals surface area contributed by atoms with Crippen LogP contribution in [0.4, 0.5) is 0 Å². The maximum atomic E-state index is 12.6. The van der Waals surface area contributed by atoms with E-state index in [1.165, 1.54) is 11.8 Å². The molecule has 0 spiro atoms. The third-order valence-electron chi connectivity index (χ3n) is 5.04. The number of fused-ring (bicyclic) bond motifs is 1. The fourth-order valence-electron chi connectivity index (χ4n) is 3.73. The first-order chi connectivity index (χ1) is 12.7. The summed E-state index contributed by atoms with van der Waals surface area (Å²) in [5.74, 6) is 1.95. The Morgan fingerprint density at radius 2 is 2.04 bits per heavy atom. The lowest BCUT2D eigenvalue weighted by Gasteiger charge is -2.32. The molecule has 1 N–H and O–H groups in total. The Bertz CT molecular complexity index is 799. The predicted molar refractivity (Wildman–Crippen MR) is 99.7 cm³/mol. The first-order valence-electron chi connectivity index (χ1n) is 8.98. The maximum Gasteiger partial charge on any atom is 0.231 e. The molecule has 1 aromatic carbocycles. The van der Waals surface area contributed by atoms with E-state index in [0.29, 0.717) is 19.0 Å². The molecule has 138 valence electrons. The van der Waals surface area contributed by atoms with Gasteiger partial charge in [0.1, 0.15) is 13.2 Å². The molecule has 1 aromatic heterocycles. The zero-order valence-electron chi connectivity index (χ0n) is 14.9. The van der Waals surface area contributed by atoms with Crippen LogP contribution in [0.25, 0.3) is 0 Å². The van der Waals surface area contributed by atoms with Crippen LogP contribution in [0.1, 0.15) is 31.2 Å². The van der Waals surface area contributed by atoms with Crippen LogP contribution in [-0.4, -0.2) is 34.4 Å². The third-order valence-corrected chi connectivity index (χ3v) is 6.10. The van der Waals surface area contributed by atoms with Crippen LogP contribution in [0, 0.1) is 0 Å². The molecule has 6 nitrogen and oxygen atoms in total. The molecule has 1 fully saturated rings. The molecule has 1 saturated carbocycles. The van der Waals surface area contributed by atoms with Gasteiger partial charge in [-0.2, -0.15) is 0 Å². The van der Waals surface area contributed by atoms with Gasteiger partial charge in [0, 0.05) is 19.4 Å². The summed E-state index contributed by atoms with van der Waals surface area (Å²) in [7, 11) is 1.93. The Morgan fingerprint density at radius 1 is 1.27 bits per heavy atom. The number of nitrogens with zero attached hydrogens (tertiary/aromatic N) is 2. The van der Waals surface area contributed by atoms with Crippen molar-refractivity contribution in [1.29, 1.82) is 0 Å². The van der Waals surface area contributed by atoms with E-state index >= 15 is 0 Å². The van der Waals surface area contributed by atoms with E-state index in [-0.39, 0.29) is 11.4 Å². The minimum Gasteiger partial charge on any atom is -0.486 e. The van der Waals surface area contributed by atoms with Gasteiger partial charge in [0.2, 0.25) is 5.91 Å². The highest BCUT2D eigenvalue weighted by molar-refractivity contribution is 7.99. The van der Waals surface area contributed by atoms with Crippen LogP contribution < -0.4 is 14.8 Å². The highest BCUT2D eigenvalue weighted by atomic mass is 32.2. The smallest absolute Gasteiger partial charge is 0.231 e. The van der Waals surface area contributed by atoms with E-state index in [2.05, 4.69) is 16.4 Å². The minimum absolute atomic E-state index is 0.0368.